The first-order chi connectivity index (χ1) is 18.4. The average Bonchev–Trinajstić information content (AvgIpc) is 3.16. The van der Waals surface area contributed by atoms with Gasteiger partial charge in [-0.15, -0.1) is 10.2 Å². The number of rotatable bonds is 8. The Bertz CT molecular complexity index is 1460. The standard InChI is InChI=1S/C32H37N3O4/c1-31(2,3)22-11-15-24(16-12-22)38-20-19-35-27-10-8-7-9-26(27)29(30(35)37)34-33-28(36)21-39-25-17-13-23(14-18-25)32(4,5)6/h7-18,37H,19-21H2,1-6H3. The molecule has 0 fully saturated rings. The highest BCUT2D eigenvalue weighted by molar-refractivity contribution is 5.95. The quantitative estimate of drug-likeness (QED) is 0.238. The summed E-state index contributed by atoms with van der Waals surface area (Å²) in [6.45, 7) is 13.4. The van der Waals surface area contributed by atoms with Crippen molar-refractivity contribution >= 4 is 22.5 Å². The number of amides is 1. The topological polar surface area (TPSA) is 85.4 Å². The molecule has 1 N–H and O–H groups in total. The third-order valence-corrected chi connectivity index (χ3v) is 6.57. The van der Waals surface area contributed by atoms with E-state index in [9.17, 15) is 9.90 Å². The monoisotopic (exact) mass is 527 g/mol. The highest BCUT2D eigenvalue weighted by atomic mass is 16.5. The maximum atomic E-state index is 12.4. The van der Waals surface area contributed by atoms with E-state index in [4.69, 9.17) is 9.47 Å². The molecule has 0 saturated carbocycles. The maximum absolute atomic E-state index is 12.4. The molecule has 0 aliphatic heterocycles. The van der Waals surface area contributed by atoms with Crippen LogP contribution in [0.25, 0.3) is 10.9 Å². The molecule has 1 amide bonds. The maximum Gasteiger partial charge on any atom is 0.302 e. The van der Waals surface area contributed by atoms with Crippen molar-refractivity contribution in [1.82, 2.24) is 4.57 Å². The molecule has 4 rings (SSSR count). The van der Waals surface area contributed by atoms with E-state index < -0.39 is 5.91 Å². The van der Waals surface area contributed by atoms with Crippen LogP contribution in [-0.2, 0) is 22.2 Å². The SMILES string of the molecule is CC(C)(C)c1ccc(OCCn2c(O)c(N=NC(=O)COc3ccc(C(C)(C)C)cc3)c3ccccc32)cc1. The number of ether oxygens (including phenoxy) is 2. The van der Waals surface area contributed by atoms with Crippen LogP contribution in [0.4, 0.5) is 5.69 Å². The normalized spacial score (nSPS) is 12.3. The summed E-state index contributed by atoms with van der Waals surface area (Å²) in [5.41, 5.74) is 3.54. The molecule has 0 bridgehead atoms. The zero-order valence-corrected chi connectivity index (χ0v) is 23.6. The fourth-order valence-corrected chi connectivity index (χ4v) is 4.23. The molecule has 0 aliphatic rings. The lowest BCUT2D eigenvalue weighted by atomic mass is 9.87. The second-order valence-corrected chi connectivity index (χ2v) is 11.6. The van der Waals surface area contributed by atoms with E-state index >= 15 is 0 Å². The van der Waals surface area contributed by atoms with Gasteiger partial charge in [0.1, 0.15) is 18.1 Å². The highest BCUT2D eigenvalue weighted by Crippen LogP contribution is 2.38. The van der Waals surface area contributed by atoms with Crippen LogP contribution in [0.2, 0.25) is 0 Å². The number of aromatic hydroxyl groups is 1. The lowest BCUT2D eigenvalue weighted by Gasteiger charge is -2.19. The molecule has 0 unspecified atom stereocenters. The van der Waals surface area contributed by atoms with Crippen molar-refractivity contribution in [3.8, 4) is 17.4 Å². The van der Waals surface area contributed by atoms with E-state index in [-0.39, 0.29) is 29.0 Å². The van der Waals surface area contributed by atoms with Crippen molar-refractivity contribution in [1.29, 1.82) is 0 Å². The Morgan fingerprint density at radius 1 is 0.795 bits per heavy atom. The van der Waals surface area contributed by atoms with Crippen LogP contribution in [-0.4, -0.2) is 28.8 Å². The van der Waals surface area contributed by atoms with E-state index in [2.05, 4.69) is 63.9 Å². The first kappa shape index (κ1) is 27.9. The number of para-hydroxylation sites is 1. The minimum absolute atomic E-state index is 0.0353. The molecule has 7 nitrogen and oxygen atoms in total. The molecular weight excluding hydrogens is 490 g/mol. The van der Waals surface area contributed by atoms with Crippen molar-refractivity contribution in [2.24, 2.45) is 10.2 Å². The summed E-state index contributed by atoms with van der Waals surface area (Å²) in [4.78, 5) is 12.4. The van der Waals surface area contributed by atoms with Gasteiger partial charge in [0, 0.05) is 5.39 Å². The fraction of sp³-hybridized carbons (Fsp3) is 0.344. The predicted molar refractivity (Wildman–Crippen MR) is 154 cm³/mol. The summed E-state index contributed by atoms with van der Waals surface area (Å²) in [5.74, 6) is 0.725. The van der Waals surface area contributed by atoms with Gasteiger partial charge in [0.15, 0.2) is 12.3 Å². The smallest absolute Gasteiger partial charge is 0.302 e. The van der Waals surface area contributed by atoms with Crippen LogP contribution in [0, 0.1) is 0 Å². The Kier molecular flexibility index (Phi) is 8.09. The van der Waals surface area contributed by atoms with E-state index in [0.717, 1.165) is 11.3 Å². The van der Waals surface area contributed by atoms with E-state index in [1.54, 1.807) is 4.57 Å². The van der Waals surface area contributed by atoms with Crippen molar-refractivity contribution in [2.75, 3.05) is 13.2 Å². The molecule has 0 spiro atoms. The largest absolute Gasteiger partial charge is 0.493 e. The number of fused-ring (bicyclic) bond motifs is 1. The zero-order chi connectivity index (χ0) is 28.2. The van der Waals surface area contributed by atoms with Gasteiger partial charge in [-0.1, -0.05) is 84.0 Å². The van der Waals surface area contributed by atoms with Gasteiger partial charge in [0.2, 0.25) is 5.88 Å². The molecule has 1 heterocycles. The number of hydrogen-bond donors (Lipinski definition) is 1. The number of nitrogens with zero attached hydrogens (tertiary/aromatic N) is 3. The van der Waals surface area contributed by atoms with Crippen molar-refractivity contribution < 1.29 is 19.4 Å². The van der Waals surface area contributed by atoms with Crippen molar-refractivity contribution in [2.45, 2.75) is 58.9 Å². The Labute approximate surface area is 230 Å². The van der Waals surface area contributed by atoms with Gasteiger partial charge in [0.05, 0.1) is 12.1 Å². The molecular formula is C32H37N3O4. The van der Waals surface area contributed by atoms with Gasteiger partial charge < -0.3 is 19.1 Å². The van der Waals surface area contributed by atoms with Gasteiger partial charge in [0.25, 0.3) is 0 Å². The molecule has 1 aromatic heterocycles. The van der Waals surface area contributed by atoms with Crippen LogP contribution >= 0.6 is 0 Å². The van der Waals surface area contributed by atoms with Crippen LogP contribution in [0.5, 0.6) is 17.4 Å². The number of aromatic nitrogens is 1. The first-order valence-electron chi connectivity index (χ1n) is 13.1. The predicted octanol–water partition coefficient (Wildman–Crippen LogP) is 7.71. The molecule has 0 atom stereocenters. The molecule has 204 valence electrons. The molecule has 0 saturated heterocycles. The van der Waals surface area contributed by atoms with Gasteiger partial charge in [-0.05, 0) is 52.3 Å². The Morgan fingerprint density at radius 2 is 1.33 bits per heavy atom. The summed E-state index contributed by atoms with van der Waals surface area (Å²) < 4.78 is 13.2. The van der Waals surface area contributed by atoms with Gasteiger partial charge in [-0.25, -0.2) is 0 Å². The summed E-state index contributed by atoms with van der Waals surface area (Å²) in [6, 6.07) is 23.2. The lowest BCUT2D eigenvalue weighted by Crippen LogP contribution is -2.11. The summed E-state index contributed by atoms with van der Waals surface area (Å²) in [6.07, 6.45) is 0. The van der Waals surface area contributed by atoms with E-state index in [1.165, 1.54) is 11.1 Å². The second-order valence-electron chi connectivity index (χ2n) is 11.6. The molecule has 7 heteroatoms. The number of hydrogen-bond acceptors (Lipinski definition) is 5. The molecule has 3 aromatic carbocycles. The Balaban J connectivity index is 1.41. The average molecular weight is 528 g/mol. The van der Waals surface area contributed by atoms with Crippen molar-refractivity contribution in [3.05, 3.63) is 83.9 Å². The molecule has 0 aliphatic carbocycles. The van der Waals surface area contributed by atoms with E-state index in [0.29, 0.717) is 24.3 Å². The minimum atomic E-state index is -0.548. The minimum Gasteiger partial charge on any atom is -0.493 e. The zero-order valence-electron chi connectivity index (χ0n) is 23.6. The summed E-state index contributed by atoms with van der Waals surface area (Å²) in [5, 5.41) is 19.6. The molecule has 0 radical (unpaired) electrons. The lowest BCUT2D eigenvalue weighted by molar-refractivity contribution is -0.120. The third-order valence-electron chi connectivity index (χ3n) is 6.57. The number of carbonyl (C=O) groups is 1. The Hall–Kier alpha value is -4.13. The Morgan fingerprint density at radius 3 is 1.90 bits per heavy atom. The summed E-state index contributed by atoms with van der Waals surface area (Å²) in [7, 11) is 0. The third kappa shape index (κ3) is 6.85. The first-order valence-corrected chi connectivity index (χ1v) is 13.1. The number of carbonyl (C=O) groups excluding carboxylic acids is 1. The fourth-order valence-electron chi connectivity index (χ4n) is 4.23. The van der Waals surface area contributed by atoms with Gasteiger partial charge in [-0.3, -0.25) is 4.79 Å². The van der Waals surface area contributed by atoms with Crippen LogP contribution in [0.3, 0.4) is 0 Å². The molecule has 4 aromatic rings. The van der Waals surface area contributed by atoms with E-state index in [1.807, 2.05) is 60.7 Å². The van der Waals surface area contributed by atoms with Crippen LogP contribution in [0.1, 0.15) is 52.7 Å². The number of benzene rings is 3. The summed E-state index contributed by atoms with van der Waals surface area (Å²) >= 11 is 0. The van der Waals surface area contributed by atoms with Crippen LogP contribution < -0.4 is 9.47 Å². The highest BCUT2D eigenvalue weighted by Gasteiger charge is 2.18. The van der Waals surface area contributed by atoms with Crippen molar-refractivity contribution in [3.63, 3.8) is 0 Å². The van der Waals surface area contributed by atoms with Gasteiger partial charge in [-0.2, -0.15) is 0 Å². The van der Waals surface area contributed by atoms with Gasteiger partial charge >= 0.3 is 5.91 Å². The number of azo groups is 1. The second kappa shape index (κ2) is 11.3. The molecule has 39 heavy (non-hydrogen) atoms. The van der Waals surface area contributed by atoms with Crippen LogP contribution in [0.15, 0.2) is 83.0 Å².